The van der Waals surface area contributed by atoms with Crippen molar-refractivity contribution in [1.82, 2.24) is 30.2 Å². The molecule has 4 rings (SSSR count). The van der Waals surface area contributed by atoms with Gasteiger partial charge in [0.1, 0.15) is 5.60 Å². The summed E-state index contributed by atoms with van der Waals surface area (Å²) >= 11 is 0. The summed E-state index contributed by atoms with van der Waals surface area (Å²) in [5, 5.41) is 3.24. The van der Waals surface area contributed by atoms with E-state index in [1.54, 1.807) is 17.3 Å². The topological polar surface area (TPSA) is 145 Å². The van der Waals surface area contributed by atoms with Crippen LogP contribution in [0.3, 0.4) is 0 Å². The number of carbonyl (C=O) groups excluding carboxylic acids is 1. The van der Waals surface area contributed by atoms with Crippen LogP contribution in [0.2, 0.25) is 0 Å². The van der Waals surface area contributed by atoms with Crippen LogP contribution in [0.5, 0.6) is 0 Å². The highest BCUT2D eigenvalue weighted by atomic mass is 16.6. The first-order valence-electron chi connectivity index (χ1n) is 9.60. The zero-order valence-corrected chi connectivity index (χ0v) is 17.1. The zero-order chi connectivity index (χ0) is 21.0. The predicted molar refractivity (Wildman–Crippen MR) is 109 cm³/mol. The third-order valence-electron chi connectivity index (χ3n) is 4.43. The largest absolute Gasteiger partial charge is 0.444 e. The molecule has 1 amide bonds. The number of amides is 1. The Morgan fingerprint density at radius 2 is 1.69 bits per heavy atom. The smallest absolute Gasteiger partial charge is 0.410 e. The number of nitrogens with two attached hydrogens (primary N) is 2. The lowest BCUT2D eigenvalue weighted by Crippen LogP contribution is -2.40. The summed E-state index contributed by atoms with van der Waals surface area (Å²) < 4.78 is 5.34. The van der Waals surface area contributed by atoms with Crippen molar-refractivity contribution >= 4 is 18.0 Å². The molecule has 2 aromatic heterocycles. The molecule has 0 spiro atoms. The molecule has 2 aromatic rings. The van der Waals surface area contributed by atoms with Gasteiger partial charge in [0.05, 0.1) is 17.9 Å². The molecular weight excluding hydrogens is 372 g/mol. The number of nitrogens with one attached hydrogen (secondary N) is 1. The van der Waals surface area contributed by atoms with E-state index in [-0.39, 0.29) is 12.0 Å². The van der Waals surface area contributed by atoms with Gasteiger partial charge in [0.2, 0.25) is 11.9 Å². The maximum absolute atomic E-state index is 11.9. The Morgan fingerprint density at radius 3 is 2.34 bits per heavy atom. The second-order valence-electron chi connectivity index (χ2n) is 7.98. The van der Waals surface area contributed by atoms with Crippen LogP contribution in [0.1, 0.15) is 43.3 Å². The molecule has 0 radical (unpaired) electrons. The summed E-state index contributed by atoms with van der Waals surface area (Å²) in [6.07, 6.45) is 4.81. The Morgan fingerprint density at radius 1 is 1.07 bits per heavy atom. The fraction of sp³-hybridized carbons (Fsp3) is 0.526. The summed E-state index contributed by atoms with van der Waals surface area (Å²) in [5.41, 5.74) is 14.6. The van der Waals surface area contributed by atoms with Crippen LogP contribution in [0.4, 0.5) is 16.7 Å². The van der Waals surface area contributed by atoms with Gasteiger partial charge in [-0.3, -0.25) is 0 Å². The van der Waals surface area contributed by atoms with Gasteiger partial charge in [-0.2, -0.15) is 0 Å². The number of carbonyl (C=O) groups is 1. The molecule has 0 aromatic carbocycles. The highest BCUT2D eigenvalue weighted by Crippen LogP contribution is 2.19. The molecule has 0 bridgehead atoms. The Labute approximate surface area is 170 Å². The predicted octanol–water partition coefficient (Wildman–Crippen LogP) is 1.06. The molecule has 2 aliphatic heterocycles. The number of ether oxygens (including phenoxy) is 1. The lowest BCUT2D eigenvalue weighted by atomic mass is 10.1. The summed E-state index contributed by atoms with van der Waals surface area (Å²) in [6, 6.07) is 0. The fourth-order valence-corrected chi connectivity index (χ4v) is 3.07. The summed E-state index contributed by atoms with van der Waals surface area (Å²) in [6.45, 7) is 8.49. The normalized spacial score (nSPS) is 15.5. The molecule has 0 unspecified atom stereocenters. The molecule has 5 N–H and O–H groups in total. The van der Waals surface area contributed by atoms with E-state index in [0.29, 0.717) is 25.5 Å². The van der Waals surface area contributed by atoms with Gasteiger partial charge in [0.25, 0.3) is 0 Å². The molecule has 29 heavy (non-hydrogen) atoms. The number of hydrogen-bond acceptors (Lipinski definition) is 9. The lowest BCUT2D eigenvalue weighted by Gasteiger charge is -2.30. The highest BCUT2D eigenvalue weighted by Gasteiger charge is 2.26. The first kappa shape index (κ1) is 20.7. The van der Waals surface area contributed by atoms with Crippen LogP contribution in [0.25, 0.3) is 0 Å². The van der Waals surface area contributed by atoms with Crippen molar-refractivity contribution in [2.75, 3.05) is 24.6 Å². The van der Waals surface area contributed by atoms with Gasteiger partial charge in [-0.05, 0) is 20.8 Å². The Kier molecular flexibility index (Phi) is 6.12. The average molecular weight is 400 g/mol. The summed E-state index contributed by atoms with van der Waals surface area (Å²) in [5.74, 6) is 0.658. The van der Waals surface area contributed by atoms with Gasteiger partial charge in [0.15, 0.2) is 0 Å². The van der Waals surface area contributed by atoms with Gasteiger partial charge >= 0.3 is 6.09 Å². The van der Waals surface area contributed by atoms with E-state index >= 15 is 0 Å². The molecule has 156 valence electrons. The van der Waals surface area contributed by atoms with Gasteiger partial charge in [0, 0.05) is 56.0 Å². The van der Waals surface area contributed by atoms with Crippen LogP contribution in [-0.4, -0.2) is 49.6 Å². The number of nitrogens with zero attached hydrogens (tertiary/aromatic N) is 5. The van der Waals surface area contributed by atoms with Crippen molar-refractivity contribution in [1.29, 1.82) is 0 Å². The third kappa shape index (κ3) is 5.74. The second kappa shape index (κ2) is 8.56. The van der Waals surface area contributed by atoms with E-state index < -0.39 is 5.60 Å². The van der Waals surface area contributed by atoms with Gasteiger partial charge < -0.3 is 26.4 Å². The van der Waals surface area contributed by atoms with E-state index in [1.807, 2.05) is 20.8 Å². The monoisotopic (exact) mass is 400 g/mol. The molecule has 0 fully saturated rings. The maximum atomic E-state index is 11.9. The van der Waals surface area contributed by atoms with E-state index in [0.717, 1.165) is 36.5 Å². The summed E-state index contributed by atoms with van der Waals surface area (Å²) in [4.78, 5) is 29.8. The first-order chi connectivity index (χ1) is 13.7. The van der Waals surface area contributed by atoms with Gasteiger partial charge in [-0.25, -0.2) is 24.7 Å². The van der Waals surface area contributed by atoms with E-state index in [1.165, 1.54) is 5.56 Å². The van der Waals surface area contributed by atoms with Crippen LogP contribution >= 0.6 is 0 Å². The number of fused-ring (bicyclic) bond motifs is 2. The molecule has 2 aliphatic rings. The molecular formula is C19H28N8O2. The number of anilines is 2. The highest BCUT2D eigenvalue weighted by molar-refractivity contribution is 5.68. The summed E-state index contributed by atoms with van der Waals surface area (Å²) in [7, 11) is 0. The van der Waals surface area contributed by atoms with Gasteiger partial charge in [-0.15, -0.1) is 0 Å². The Hall–Kier alpha value is -3.01. The van der Waals surface area contributed by atoms with Crippen LogP contribution in [0, 0.1) is 0 Å². The number of hydrogen-bond donors (Lipinski definition) is 3. The van der Waals surface area contributed by atoms with E-state index in [2.05, 4.69) is 25.3 Å². The van der Waals surface area contributed by atoms with E-state index in [9.17, 15) is 4.79 Å². The molecule has 0 saturated carbocycles. The Balaban J connectivity index is 0.000000186. The standard InChI is InChI=1S/C12H18N4O2.C7H10N4/c1-12(2,3)18-11(17)16-5-4-9-8(7-16)6-14-10(13)15-9;8-7-10-4-5-3-9-2-1-6(5)11-7/h6H,4-5,7H2,1-3H3,(H2,13,14,15);4,9H,1-3H2,(H2,8,10,11). The third-order valence-corrected chi connectivity index (χ3v) is 4.43. The minimum absolute atomic E-state index is 0.277. The SMILES string of the molecule is CC(C)(C)OC(=O)N1CCc2nc(N)ncc2C1.Nc1ncc2c(n1)CCNC2. The number of aromatic nitrogens is 4. The van der Waals surface area contributed by atoms with Crippen molar-refractivity contribution in [2.45, 2.75) is 52.3 Å². The van der Waals surface area contributed by atoms with Crippen LogP contribution < -0.4 is 16.8 Å². The van der Waals surface area contributed by atoms with Crippen molar-refractivity contribution < 1.29 is 9.53 Å². The lowest BCUT2D eigenvalue weighted by molar-refractivity contribution is 0.0222. The maximum Gasteiger partial charge on any atom is 0.410 e. The van der Waals surface area contributed by atoms with Crippen molar-refractivity contribution in [3.63, 3.8) is 0 Å². The molecule has 0 atom stereocenters. The molecule has 4 heterocycles. The second-order valence-corrected chi connectivity index (χ2v) is 7.98. The molecule has 10 heteroatoms. The number of nitrogen functional groups attached to an aromatic ring is 2. The molecule has 0 aliphatic carbocycles. The van der Waals surface area contributed by atoms with Gasteiger partial charge in [-0.1, -0.05) is 0 Å². The molecule has 10 nitrogen and oxygen atoms in total. The number of rotatable bonds is 0. The van der Waals surface area contributed by atoms with Crippen LogP contribution in [-0.2, 0) is 30.7 Å². The van der Waals surface area contributed by atoms with Crippen LogP contribution in [0.15, 0.2) is 12.4 Å². The first-order valence-corrected chi connectivity index (χ1v) is 9.60. The Bertz CT molecular complexity index is 881. The quantitative estimate of drug-likeness (QED) is 0.591. The van der Waals surface area contributed by atoms with Crippen molar-refractivity contribution in [2.24, 2.45) is 0 Å². The van der Waals surface area contributed by atoms with E-state index in [4.69, 9.17) is 16.2 Å². The van der Waals surface area contributed by atoms with Crippen molar-refractivity contribution in [3.05, 3.63) is 34.9 Å². The zero-order valence-electron chi connectivity index (χ0n) is 17.1. The average Bonchev–Trinajstić information content (AvgIpc) is 2.66. The van der Waals surface area contributed by atoms with Crippen molar-refractivity contribution in [3.8, 4) is 0 Å². The minimum Gasteiger partial charge on any atom is -0.444 e. The minimum atomic E-state index is -0.477. The molecule has 0 saturated heterocycles. The fourth-order valence-electron chi connectivity index (χ4n) is 3.07.